The number of likely N-dealkylation sites (N-methyl/N-ethyl adjacent to an activating group) is 1. The maximum Gasteiger partial charge on any atom is 0.218 e. The third-order valence-corrected chi connectivity index (χ3v) is 6.18. The van der Waals surface area contributed by atoms with Gasteiger partial charge in [-0.1, -0.05) is 13.8 Å². The molecular formula is C13H29N3O2S. The molecule has 0 bridgehead atoms. The van der Waals surface area contributed by atoms with Gasteiger partial charge in [-0.2, -0.15) is 4.31 Å². The van der Waals surface area contributed by atoms with E-state index in [0.717, 1.165) is 6.54 Å². The maximum atomic E-state index is 12.6. The molecule has 1 N–H and O–H groups in total. The predicted molar refractivity (Wildman–Crippen MR) is 79.8 cm³/mol. The minimum absolute atomic E-state index is 0.101. The average Bonchev–Trinajstić information content (AvgIpc) is 2.29. The number of nitrogens with zero attached hydrogens (tertiary/aromatic N) is 2. The van der Waals surface area contributed by atoms with Crippen LogP contribution in [-0.4, -0.2) is 67.7 Å². The summed E-state index contributed by atoms with van der Waals surface area (Å²) in [5, 5.41) is 2.82. The van der Waals surface area contributed by atoms with Gasteiger partial charge in [-0.15, -0.1) is 0 Å². The van der Waals surface area contributed by atoms with Crippen LogP contribution >= 0.6 is 0 Å². The van der Waals surface area contributed by atoms with Crippen molar-refractivity contribution < 1.29 is 8.42 Å². The molecule has 1 atom stereocenters. The first-order valence-electron chi connectivity index (χ1n) is 7.01. The molecular weight excluding hydrogens is 262 g/mol. The van der Waals surface area contributed by atoms with Gasteiger partial charge in [0, 0.05) is 37.8 Å². The summed E-state index contributed by atoms with van der Waals surface area (Å²) in [4.78, 5) is 2.22. The first-order valence-corrected chi connectivity index (χ1v) is 8.51. The van der Waals surface area contributed by atoms with Gasteiger partial charge in [-0.25, -0.2) is 8.42 Å². The highest BCUT2D eigenvalue weighted by Gasteiger charge is 2.38. The minimum atomic E-state index is -3.21. The molecule has 0 aromatic heterocycles. The number of piperazine rings is 1. The highest BCUT2D eigenvalue weighted by Crippen LogP contribution is 2.22. The number of hydrogen-bond acceptors (Lipinski definition) is 4. The molecule has 1 unspecified atom stereocenters. The Balaban J connectivity index is 2.72. The Kier molecular flexibility index (Phi) is 5.40. The van der Waals surface area contributed by atoms with Crippen molar-refractivity contribution in [2.24, 2.45) is 0 Å². The van der Waals surface area contributed by atoms with Gasteiger partial charge < -0.3 is 5.32 Å². The molecule has 1 rings (SSSR count). The van der Waals surface area contributed by atoms with Crippen molar-refractivity contribution in [3.8, 4) is 0 Å². The molecule has 1 saturated heterocycles. The summed E-state index contributed by atoms with van der Waals surface area (Å²) in [7, 11) is -1.16. The van der Waals surface area contributed by atoms with Gasteiger partial charge in [-0.05, 0) is 27.8 Å². The molecule has 1 aliphatic rings. The van der Waals surface area contributed by atoms with E-state index in [-0.39, 0.29) is 10.8 Å². The second kappa shape index (κ2) is 6.08. The summed E-state index contributed by atoms with van der Waals surface area (Å²) >= 11 is 0. The van der Waals surface area contributed by atoms with E-state index in [1.165, 1.54) is 0 Å². The molecule has 0 amide bonds. The lowest BCUT2D eigenvalue weighted by Gasteiger charge is -2.45. The number of nitrogens with one attached hydrogen (secondary N) is 1. The van der Waals surface area contributed by atoms with Crippen LogP contribution in [0.4, 0.5) is 0 Å². The Morgan fingerprint density at radius 1 is 1.21 bits per heavy atom. The molecule has 0 aromatic rings. The number of hydrogen-bond donors (Lipinski definition) is 1. The van der Waals surface area contributed by atoms with Crippen LogP contribution in [0, 0.1) is 0 Å². The summed E-state index contributed by atoms with van der Waals surface area (Å²) in [5.41, 5.74) is -0.101. The first kappa shape index (κ1) is 16.9. The minimum Gasteiger partial charge on any atom is -0.313 e. The van der Waals surface area contributed by atoms with Gasteiger partial charge in [0.2, 0.25) is 10.0 Å². The molecule has 19 heavy (non-hydrogen) atoms. The molecule has 0 aliphatic carbocycles. The summed E-state index contributed by atoms with van der Waals surface area (Å²) in [6.07, 6.45) is 0. The zero-order valence-electron chi connectivity index (χ0n) is 13.1. The fourth-order valence-corrected chi connectivity index (χ4v) is 3.82. The van der Waals surface area contributed by atoms with Crippen LogP contribution < -0.4 is 5.32 Å². The molecule has 1 aliphatic heterocycles. The van der Waals surface area contributed by atoms with Crippen LogP contribution in [0.1, 0.15) is 34.6 Å². The van der Waals surface area contributed by atoms with E-state index in [9.17, 15) is 8.42 Å². The van der Waals surface area contributed by atoms with E-state index >= 15 is 0 Å². The first-order chi connectivity index (χ1) is 8.57. The van der Waals surface area contributed by atoms with Gasteiger partial charge >= 0.3 is 0 Å². The van der Waals surface area contributed by atoms with Gasteiger partial charge in [0.1, 0.15) is 0 Å². The largest absolute Gasteiger partial charge is 0.313 e. The topological polar surface area (TPSA) is 52.7 Å². The Morgan fingerprint density at radius 2 is 1.79 bits per heavy atom. The van der Waals surface area contributed by atoms with Crippen LogP contribution in [-0.2, 0) is 10.0 Å². The second-order valence-corrected chi connectivity index (χ2v) is 8.84. The fourth-order valence-electron chi connectivity index (χ4n) is 2.17. The fraction of sp³-hybridized carbons (Fsp3) is 1.00. The van der Waals surface area contributed by atoms with Crippen LogP contribution in [0.15, 0.2) is 0 Å². The van der Waals surface area contributed by atoms with E-state index in [4.69, 9.17) is 0 Å². The zero-order chi connectivity index (χ0) is 14.8. The van der Waals surface area contributed by atoms with Gasteiger partial charge in [0.25, 0.3) is 0 Å². The van der Waals surface area contributed by atoms with Crippen LogP contribution in [0.25, 0.3) is 0 Å². The highest BCUT2D eigenvalue weighted by atomic mass is 32.2. The molecule has 1 heterocycles. The highest BCUT2D eigenvalue weighted by molar-refractivity contribution is 7.89. The third kappa shape index (κ3) is 4.15. The molecule has 0 saturated carbocycles. The standard InChI is InChI=1S/C13H29N3O2S/c1-11(2)14-9-12(3)19(17,18)16-8-7-15(6)13(4,5)10-16/h11-12,14H,7-10H2,1-6H3. The van der Waals surface area contributed by atoms with Crippen molar-refractivity contribution >= 4 is 10.0 Å². The average molecular weight is 291 g/mol. The second-order valence-electron chi connectivity index (χ2n) is 6.49. The Morgan fingerprint density at radius 3 is 2.26 bits per heavy atom. The lowest BCUT2D eigenvalue weighted by atomic mass is 10.0. The Hall–Kier alpha value is -0.170. The number of rotatable bonds is 5. The summed E-state index contributed by atoms with van der Waals surface area (Å²) in [5.74, 6) is 0. The molecule has 1 fully saturated rings. The number of sulfonamides is 1. The smallest absolute Gasteiger partial charge is 0.218 e. The van der Waals surface area contributed by atoms with Crippen molar-refractivity contribution in [3.63, 3.8) is 0 Å². The normalized spacial score (nSPS) is 23.7. The molecule has 6 heteroatoms. The van der Waals surface area contributed by atoms with E-state index in [1.807, 2.05) is 20.9 Å². The molecule has 0 radical (unpaired) electrons. The van der Waals surface area contributed by atoms with Crippen molar-refractivity contribution in [1.82, 2.24) is 14.5 Å². The zero-order valence-corrected chi connectivity index (χ0v) is 13.9. The third-order valence-electron chi connectivity index (χ3n) is 3.96. The van der Waals surface area contributed by atoms with E-state index < -0.39 is 10.0 Å². The molecule has 114 valence electrons. The SMILES string of the molecule is CC(C)NCC(C)S(=O)(=O)N1CCN(C)C(C)(C)C1. The van der Waals surface area contributed by atoms with Crippen LogP contribution in [0.5, 0.6) is 0 Å². The summed E-state index contributed by atoms with van der Waals surface area (Å²) in [6.45, 7) is 12.5. The van der Waals surface area contributed by atoms with Crippen molar-refractivity contribution in [1.29, 1.82) is 0 Å². The quantitative estimate of drug-likeness (QED) is 0.811. The van der Waals surface area contributed by atoms with Crippen molar-refractivity contribution in [3.05, 3.63) is 0 Å². The molecule has 0 spiro atoms. The van der Waals surface area contributed by atoms with Gasteiger partial charge in [0.05, 0.1) is 5.25 Å². The Labute approximate surface area is 118 Å². The Bertz CT molecular complexity index is 393. The van der Waals surface area contributed by atoms with E-state index in [2.05, 4.69) is 24.1 Å². The summed E-state index contributed by atoms with van der Waals surface area (Å²) < 4.78 is 26.8. The van der Waals surface area contributed by atoms with Crippen LogP contribution in [0.3, 0.4) is 0 Å². The molecule has 5 nitrogen and oxygen atoms in total. The van der Waals surface area contributed by atoms with Gasteiger partial charge in [-0.3, -0.25) is 4.90 Å². The lowest BCUT2D eigenvalue weighted by Crippen LogP contribution is -2.60. The predicted octanol–water partition coefficient (Wildman–Crippen LogP) is 0.729. The lowest BCUT2D eigenvalue weighted by molar-refractivity contribution is 0.0797. The van der Waals surface area contributed by atoms with Crippen LogP contribution in [0.2, 0.25) is 0 Å². The van der Waals surface area contributed by atoms with Crippen molar-refractivity contribution in [2.45, 2.75) is 51.4 Å². The van der Waals surface area contributed by atoms with Crippen molar-refractivity contribution in [2.75, 3.05) is 33.2 Å². The van der Waals surface area contributed by atoms with E-state index in [0.29, 0.717) is 25.7 Å². The maximum absolute atomic E-state index is 12.6. The monoisotopic (exact) mass is 291 g/mol. The summed E-state index contributed by atoms with van der Waals surface area (Å²) in [6, 6.07) is 0.307. The van der Waals surface area contributed by atoms with E-state index in [1.54, 1.807) is 11.2 Å². The van der Waals surface area contributed by atoms with Gasteiger partial charge in [0.15, 0.2) is 0 Å². The molecule has 0 aromatic carbocycles.